The van der Waals surface area contributed by atoms with E-state index in [1.54, 1.807) is 38.1 Å². The van der Waals surface area contributed by atoms with Crippen LogP contribution in [0.15, 0.2) is 35.6 Å². The highest BCUT2D eigenvalue weighted by atomic mass is 35.5. The molecule has 29 heavy (non-hydrogen) atoms. The third-order valence-electron chi connectivity index (χ3n) is 5.44. The minimum absolute atomic E-state index is 0.0807. The molecule has 2 unspecified atom stereocenters. The van der Waals surface area contributed by atoms with Crippen LogP contribution in [0.1, 0.15) is 52.0 Å². The summed E-state index contributed by atoms with van der Waals surface area (Å²) in [5.41, 5.74) is 5.74. The molecule has 1 aromatic carbocycles. The molecule has 2 N–H and O–H groups in total. The molecule has 0 radical (unpaired) electrons. The molecule has 0 spiro atoms. The second kappa shape index (κ2) is 7.73. The van der Waals surface area contributed by atoms with Gasteiger partial charge in [0.25, 0.3) is 0 Å². The molecule has 1 aliphatic carbocycles. The van der Waals surface area contributed by atoms with E-state index in [4.69, 9.17) is 31.5 Å². The van der Waals surface area contributed by atoms with E-state index in [1.807, 2.05) is 13.8 Å². The number of Topliss-reactive ketones (excluding diaryl/α,β-unsaturated/α-hetero) is 1. The van der Waals surface area contributed by atoms with Crippen molar-refractivity contribution in [3.8, 4) is 6.07 Å². The van der Waals surface area contributed by atoms with Gasteiger partial charge in [0.2, 0.25) is 5.54 Å². The van der Waals surface area contributed by atoms with Gasteiger partial charge in [0.05, 0.1) is 25.2 Å². The molecule has 1 aromatic rings. The fourth-order valence-corrected chi connectivity index (χ4v) is 4.41. The van der Waals surface area contributed by atoms with Crippen molar-refractivity contribution in [3.63, 3.8) is 0 Å². The van der Waals surface area contributed by atoms with Gasteiger partial charge in [-0.1, -0.05) is 37.6 Å². The van der Waals surface area contributed by atoms with Gasteiger partial charge in [-0.2, -0.15) is 5.26 Å². The van der Waals surface area contributed by atoms with E-state index in [9.17, 15) is 10.1 Å². The molecule has 7 heteroatoms. The van der Waals surface area contributed by atoms with Crippen LogP contribution >= 0.6 is 11.6 Å². The van der Waals surface area contributed by atoms with E-state index in [2.05, 4.69) is 6.07 Å². The lowest BCUT2D eigenvalue weighted by atomic mass is 9.65. The molecule has 6 nitrogen and oxygen atoms in total. The molecule has 0 saturated carbocycles. The molecular formula is C22H27ClN2O4. The Morgan fingerprint density at radius 1 is 1.21 bits per heavy atom. The van der Waals surface area contributed by atoms with Crippen molar-refractivity contribution in [2.24, 2.45) is 11.1 Å². The number of nitriles is 1. The Labute approximate surface area is 176 Å². The summed E-state index contributed by atoms with van der Waals surface area (Å²) in [5, 5.41) is 10.8. The first-order valence-electron chi connectivity index (χ1n) is 9.82. The SMILES string of the molecule is CCOC1(OCC)OC2=C(C(=O)CC(C)(C)C2)C(c2ccc(Cl)cc2)C1(N)C#N. The highest BCUT2D eigenvalue weighted by Crippen LogP contribution is 2.54. The van der Waals surface area contributed by atoms with Gasteiger partial charge in [0, 0.05) is 23.4 Å². The first kappa shape index (κ1) is 21.8. The maximum Gasteiger partial charge on any atom is 0.361 e. The maximum atomic E-state index is 13.2. The van der Waals surface area contributed by atoms with Crippen molar-refractivity contribution in [2.75, 3.05) is 13.2 Å². The third kappa shape index (κ3) is 3.57. The Balaban J connectivity index is 2.31. The zero-order valence-electron chi connectivity index (χ0n) is 17.3. The van der Waals surface area contributed by atoms with Crippen LogP contribution in [-0.4, -0.2) is 30.5 Å². The topological polar surface area (TPSA) is 94.6 Å². The fraction of sp³-hybridized carbons (Fsp3) is 0.545. The summed E-state index contributed by atoms with van der Waals surface area (Å²) < 4.78 is 18.0. The normalized spacial score (nSPS) is 27.8. The van der Waals surface area contributed by atoms with Gasteiger partial charge < -0.3 is 19.9 Å². The summed E-state index contributed by atoms with van der Waals surface area (Å²) in [6.45, 7) is 8.00. The van der Waals surface area contributed by atoms with E-state index in [1.165, 1.54) is 0 Å². The Morgan fingerprint density at radius 3 is 2.31 bits per heavy atom. The van der Waals surface area contributed by atoms with Gasteiger partial charge in [0.15, 0.2) is 5.78 Å². The Bertz CT molecular complexity index is 866. The minimum atomic E-state index is -1.83. The lowest BCUT2D eigenvalue weighted by Gasteiger charge is -2.52. The molecule has 156 valence electrons. The van der Waals surface area contributed by atoms with Gasteiger partial charge in [-0.25, -0.2) is 0 Å². The summed E-state index contributed by atoms with van der Waals surface area (Å²) in [4.78, 5) is 13.2. The largest absolute Gasteiger partial charge is 0.441 e. The quantitative estimate of drug-likeness (QED) is 0.725. The van der Waals surface area contributed by atoms with E-state index in [-0.39, 0.29) is 24.4 Å². The van der Waals surface area contributed by atoms with Crippen LogP contribution in [0.2, 0.25) is 5.02 Å². The van der Waals surface area contributed by atoms with Crippen molar-refractivity contribution >= 4 is 17.4 Å². The number of carbonyl (C=O) groups is 1. The van der Waals surface area contributed by atoms with E-state index < -0.39 is 17.4 Å². The Morgan fingerprint density at radius 2 is 1.79 bits per heavy atom. The summed E-state index contributed by atoms with van der Waals surface area (Å²) >= 11 is 6.07. The summed E-state index contributed by atoms with van der Waals surface area (Å²) in [6.07, 6.45) is 0.860. The van der Waals surface area contributed by atoms with E-state index in [0.717, 1.165) is 0 Å². The Hall–Kier alpha value is -1.91. The number of hydrogen-bond donors (Lipinski definition) is 1. The van der Waals surface area contributed by atoms with Crippen LogP contribution in [0.25, 0.3) is 0 Å². The molecule has 0 bridgehead atoms. The molecule has 0 aromatic heterocycles. The molecule has 0 saturated heterocycles. The summed E-state index contributed by atoms with van der Waals surface area (Å²) in [7, 11) is 0. The first-order chi connectivity index (χ1) is 13.6. The average molecular weight is 419 g/mol. The van der Waals surface area contributed by atoms with Crippen LogP contribution in [0.3, 0.4) is 0 Å². The number of rotatable bonds is 5. The fourth-order valence-electron chi connectivity index (χ4n) is 4.28. The molecule has 2 aliphatic rings. The van der Waals surface area contributed by atoms with Crippen molar-refractivity contribution in [2.45, 2.75) is 58.0 Å². The number of benzene rings is 1. The molecule has 1 aliphatic heterocycles. The Kier molecular flexibility index (Phi) is 5.81. The molecule has 2 atom stereocenters. The second-order valence-electron chi connectivity index (χ2n) is 8.27. The standard InChI is InChI=1S/C22H27ClN2O4/c1-5-27-22(28-6-2)21(25,13-24)19(14-7-9-15(23)10-8-14)18-16(26)11-20(3,4)12-17(18)29-22/h7-10,19H,5-6,11-12,25H2,1-4H3. The number of nitrogens with zero attached hydrogens (tertiary/aromatic N) is 1. The highest BCUT2D eigenvalue weighted by Gasteiger charge is 2.66. The average Bonchev–Trinajstić information content (AvgIpc) is 2.64. The van der Waals surface area contributed by atoms with Gasteiger partial charge in [-0.15, -0.1) is 0 Å². The van der Waals surface area contributed by atoms with Crippen LogP contribution in [0.4, 0.5) is 0 Å². The summed E-state index contributed by atoms with van der Waals surface area (Å²) in [6, 6.07) is 9.14. The number of hydrogen-bond acceptors (Lipinski definition) is 6. The van der Waals surface area contributed by atoms with Crippen LogP contribution in [0.5, 0.6) is 0 Å². The van der Waals surface area contributed by atoms with Gasteiger partial charge in [-0.3, -0.25) is 4.79 Å². The lowest BCUT2D eigenvalue weighted by molar-refractivity contribution is -0.394. The van der Waals surface area contributed by atoms with Gasteiger partial charge in [-0.05, 0) is 37.0 Å². The predicted molar refractivity (Wildman–Crippen MR) is 109 cm³/mol. The number of allylic oxidation sites excluding steroid dienone is 1. The van der Waals surface area contributed by atoms with Crippen molar-refractivity contribution in [3.05, 3.63) is 46.2 Å². The molecule has 3 rings (SSSR count). The molecular weight excluding hydrogens is 392 g/mol. The molecule has 1 heterocycles. The van der Waals surface area contributed by atoms with Crippen LogP contribution in [-0.2, 0) is 19.0 Å². The summed E-state index contributed by atoms with van der Waals surface area (Å²) in [5.74, 6) is -2.22. The van der Waals surface area contributed by atoms with Crippen molar-refractivity contribution < 1.29 is 19.0 Å². The van der Waals surface area contributed by atoms with E-state index >= 15 is 0 Å². The van der Waals surface area contributed by atoms with Crippen LogP contribution in [0, 0.1) is 16.7 Å². The number of ether oxygens (including phenoxy) is 3. The highest BCUT2D eigenvalue weighted by molar-refractivity contribution is 6.30. The van der Waals surface area contributed by atoms with Crippen molar-refractivity contribution in [1.29, 1.82) is 5.26 Å². The maximum absolute atomic E-state index is 13.2. The second-order valence-corrected chi connectivity index (χ2v) is 8.70. The zero-order chi connectivity index (χ0) is 21.4. The lowest BCUT2D eigenvalue weighted by Crippen LogP contribution is -2.70. The van der Waals surface area contributed by atoms with Crippen LogP contribution < -0.4 is 5.73 Å². The minimum Gasteiger partial charge on any atom is -0.441 e. The molecule has 0 fully saturated rings. The molecule has 0 amide bonds. The van der Waals surface area contributed by atoms with Gasteiger partial charge in [0.1, 0.15) is 5.76 Å². The smallest absolute Gasteiger partial charge is 0.361 e. The predicted octanol–water partition coefficient (Wildman–Crippen LogP) is 4.04. The third-order valence-corrected chi connectivity index (χ3v) is 5.70. The monoisotopic (exact) mass is 418 g/mol. The van der Waals surface area contributed by atoms with Crippen molar-refractivity contribution in [1.82, 2.24) is 0 Å². The van der Waals surface area contributed by atoms with Gasteiger partial charge >= 0.3 is 5.97 Å². The first-order valence-corrected chi connectivity index (χ1v) is 10.2. The number of ketones is 1. The zero-order valence-corrected chi connectivity index (χ0v) is 18.0. The van der Waals surface area contributed by atoms with E-state index in [0.29, 0.717) is 34.8 Å². The number of halogens is 1. The number of nitrogens with two attached hydrogens (primary N) is 1. The number of carbonyl (C=O) groups excluding carboxylic acids is 1.